The van der Waals surface area contributed by atoms with Crippen LogP contribution in [0.1, 0.15) is 20.3 Å². The second-order valence-electron chi connectivity index (χ2n) is 4.15. The number of nitrogen functional groups attached to an aromatic ring is 1. The van der Waals surface area contributed by atoms with E-state index in [2.05, 4.69) is 18.7 Å². The molecule has 4 heteroatoms. The zero-order valence-corrected chi connectivity index (χ0v) is 11.5. The highest BCUT2D eigenvalue weighted by atomic mass is 35.5. The predicted molar refractivity (Wildman–Crippen MR) is 74.8 cm³/mol. The highest BCUT2D eigenvalue weighted by molar-refractivity contribution is 6.31. The lowest BCUT2D eigenvalue weighted by Gasteiger charge is -2.31. The molecule has 17 heavy (non-hydrogen) atoms. The van der Waals surface area contributed by atoms with Gasteiger partial charge in [-0.3, -0.25) is 0 Å². The van der Waals surface area contributed by atoms with Gasteiger partial charge in [0.25, 0.3) is 0 Å². The van der Waals surface area contributed by atoms with Crippen LogP contribution in [-0.2, 0) is 4.74 Å². The van der Waals surface area contributed by atoms with Crippen molar-refractivity contribution in [2.45, 2.75) is 26.3 Å². The van der Waals surface area contributed by atoms with Crippen molar-refractivity contribution in [2.24, 2.45) is 0 Å². The summed E-state index contributed by atoms with van der Waals surface area (Å²) in [6, 6.07) is 6.06. The summed E-state index contributed by atoms with van der Waals surface area (Å²) in [5.74, 6) is 0. The van der Waals surface area contributed by atoms with Crippen molar-refractivity contribution in [3.63, 3.8) is 0 Å². The molecule has 0 fully saturated rings. The van der Waals surface area contributed by atoms with E-state index < -0.39 is 0 Å². The quantitative estimate of drug-likeness (QED) is 0.795. The van der Waals surface area contributed by atoms with Crippen LogP contribution in [-0.4, -0.2) is 26.3 Å². The number of anilines is 2. The van der Waals surface area contributed by atoms with Crippen LogP contribution in [0.4, 0.5) is 11.4 Å². The predicted octanol–water partition coefficient (Wildman–Crippen LogP) is 3.17. The second-order valence-corrected chi connectivity index (χ2v) is 4.58. The van der Waals surface area contributed by atoms with E-state index in [0.29, 0.717) is 23.4 Å². The van der Waals surface area contributed by atoms with Crippen LogP contribution in [0.3, 0.4) is 0 Å². The molecule has 0 aliphatic heterocycles. The molecule has 3 nitrogen and oxygen atoms in total. The maximum absolute atomic E-state index is 6.02. The maximum atomic E-state index is 6.02. The Morgan fingerprint density at radius 2 is 2.18 bits per heavy atom. The Kier molecular flexibility index (Phi) is 5.59. The van der Waals surface area contributed by atoms with Gasteiger partial charge in [-0.05, 0) is 31.5 Å². The SMILES string of the molecule is CCC(C)N(CCOC)c1ccc(Cl)cc1N. The smallest absolute Gasteiger partial charge is 0.0637 e. The van der Waals surface area contributed by atoms with E-state index in [1.165, 1.54) is 0 Å². The van der Waals surface area contributed by atoms with Gasteiger partial charge in [-0.15, -0.1) is 0 Å². The Balaban J connectivity index is 2.95. The first kappa shape index (κ1) is 14.1. The fraction of sp³-hybridized carbons (Fsp3) is 0.538. The molecule has 1 aromatic carbocycles. The summed E-state index contributed by atoms with van der Waals surface area (Å²) in [5.41, 5.74) is 7.76. The maximum Gasteiger partial charge on any atom is 0.0637 e. The van der Waals surface area contributed by atoms with E-state index in [0.717, 1.165) is 18.7 Å². The van der Waals surface area contributed by atoms with Crippen LogP contribution < -0.4 is 10.6 Å². The van der Waals surface area contributed by atoms with E-state index >= 15 is 0 Å². The first-order valence-corrected chi connectivity index (χ1v) is 6.28. The highest BCUT2D eigenvalue weighted by Gasteiger charge is 2.15. The summed E-state index contributed by atoms with van der Waals surface area (Å²) in [5, 5.41) is 0.669. The number of hydrogen-bond donors (Lipinski definition) is 1. The van der Waals surface area contributed by atoms with Gasteiger partial charge in [0, 0.05) is 24.7 Å². The first-order valence-electron chi connectivity index (χ1n) is 5.90. The van der Waals surface area contributed by atoms with E-state index in [-0.39, 0.29) is 0 Å². The molecule has 1 aromatic rings. The van der Waals surface area contributed by atoms with Crippen LogP contribution in [0.25, 0.3) is 0 Å². The van der Waals surface area contributed by atoms with Crippen molar-refractivity contribution in [1.82, 2.24) is 0 Å². The topological polar surface area (TPSA) is 38.5 Å². The fourth-order valence-corrected chi connectivity index (χ4v) is 1.96. The third-order valence-electron chi connectivity index (χ3n) is 2.96. The number of nitrogens with zero attached hydrogens (tertiary/aromatic N) is 1. The average Bonchev–Trinajstić information content (AvgIpc) is 2.31. The van der Waals surface area contributed by atoms with Crippen LogP contribution in [0, 0.1) is 0 Å². The first-order chi connectivity index (χ1) is 8.10. The van der Waals surface area contributed by atoms with Gasteiger partial charge in [0.1, 0.15) is 0 Å². The van der Waals surface area contributed by atoms with Crippen LogP contribution in [0.2, 0.25) is 5.02 Å². The Hall–Kier alpha value is -0.930. The molecule has 2 N–H and O–H groups in total. The van der Waals surface area contributed by atoms with Gasteiger partial charge in [-0.2, -0.15) is 0 Å². The molecule has 0 aliphatic carbocycles. The van der Waals surface area contributed by atoms with Crippen LogP contribution >= 0.6 is 11.6 Å². The van der Waals surface area contributed by atoms with Gasteiger partial charge in [0.05, 0.1) is 18.0 Å². The van der Waals surface area contributed by atoms with Crippen molar-refractivity contribution in [2.75, 3.05) is 30.9 Å². The zero-order valence-electron chi connectivity index (χ0n) is 10.7. The lowest BCUT2D eigenvalue weighted by molar-refractivity contribution is 0.203. The third-order valence-corrected chi connectivity index (χ3v) is 3.19. The number of nitrogens with two attached hydrogens (primary N) is 1. The second kappa shape index (κ2) is 6.72. The normalized spacial score (nSPS) is 12.5. The molecular formula is C13H21ClN2O. The lowest BCUT2D eigenvalue weighted by Crippen LogP contribution is -2.35. The van der Waals surface area contributed by atoms with Crippen LogP contribution in [0.5, 0.6) is 0 Å². The van der Waals surface area contributed by atoms with Crippen molar-refractivity contribution < 1.29 is 4.74 Å². The monoisotopic (exact) mass is 256 g/mol. The molecule has 1 rings (SSSR count). The van der Waals surface area contributed by atoms with Crippen molar-refractivity contribution in [3.8, 4) is 0 Å². The standard InChI is InChI=1S/C13H21ClN2O/c1-4-10(2)16(7-8-17-3)13-6-5-11(14)9-12(13)15/h5-6,9-10H,4,7-8,15H2,1-3H3. The average molecular weight is 257 g/mol. The summed E-state index contributed by atoms with van der Waals surface area (Å²) in [6.07, 6.45) is 1.06. The van der Waals surface area contributed by atoms with Gasteiger partial charge in [0.2, 0.25) is 0 Å². The van der Waals surface area contributed by atoms with E-state index in [9.17, 15) is 0 Å². The third kappa shape index (κ3) is 3.79. The fourth-order valence-electron chi connectivity index (χ4n) is 1.78. The Morgan fingerprint density at radius 3 is 2.71 bits per heavy atom. The zero-order chi connectivity index (χ0) is 12.8. The van der Waals surface area contributed by atoms with Gasteiger partial charge in [-0.25, -0.2) is 0 Å². The number of halogens is 1. The molecule has 0 heterocycles. The van der Waals surface area contributed by atoms with Gasteiger partial charge in [0.15, 0.2) is 0 Å². The number of rotatable bonds is 6. The Labute approximate surface area is 109 Å². The molecule has 0 aromatic heterocycles. The largest absolute Gasteiger partial charge is 0.397 e. The van der Waals surface area contributed by atoms with E-state index in [1.807, 2.05) is 12.1 Å². The summed E-state index contributed by atoms with van der Waals surface area (Å²) in [6.45, 7) is 5.87. The minimum Gasteiger partial charge on any atom is -0.397 e. The van der Waals surface area contributed by atoms with Crippen molar-refractivity contribution >= 4 is 23.0 Å². The summed E-state index contributed by atoms with van der Waals surface area (Å²) in [7, 11) is 1.71. The lowest BCUT2D eigenvalue weighted by atomic mass is 10.1. The molecule has 0 radical (unpaired) electrons. The molecule has 0 aliphatic rings. The molecule has 0 amide bonds. The van der Waals surface area contributed by atoms with Gasteiger partial charge >= 0.3 is 0 Å². The van der Waals surface area contributed by atoms with Crippen LogP contribution in [0.15, 0.2) is 18.2 Å². The molecule has 96 valence electrons. The summed E-state index contributed by atoms with van der Waals surface area (Å²) >= 11 is 5.92. The molecular weight excluding hydrogens is 236 g/mol. The number of ether oxygens (including phenoxy) is 1. The number of methoxy groups -OCH3 is 1. The van der Waals surface area contributed by atoms with Gasteiger partial charge < -0.3 is 15.4 Å². The molecule has 0 spiro atoms. The van der Waals surface area contributed by atoms with Crippen molar-refractivity contribution in [3.05, 3.63) is 23.2 Å². The summed E-state index contributed by atoms with van der Waals surface area (Å²) in [4.78, 5) is 2.26. The van der Waals surface area contributed by atoms with E-state index in [1.54, 1.807) is 13.2 Å². The molecule has 0 saturated carbocycles. The number of benzene rings is 1. The minimum atomic E-state index is 0.425. The molecule has 1 atom stereocenters. The minimum absolute atomic E-state index is 0.425. The Bertz CT molecular complexity index is 357. The Morgan fingerprint density at radius 1 is 1.47 bits per heavy atom. The molecule has 0 saturated heterocycles. The van der Waals surface area contributed by atoms with Gasteiger partial charge in [-0.1, -0.05) is 18.5 Å². The van der Waals surface area contributed by atoms with E-state index in [4.69, 9.17) is 22.1 Å². The molecule has 0 bridgehead atoms. The highest BCUT2D eigenvalue weighted by Crippen LogP contribution is 2.28. The van der Waals surface area contributed by atoms with Crippen molar-refractivity contribution in [1.29, 1.82) is 0 Å². The number of hydrogen-bond acceptors (Lipinski definition) is 3. The molecule has 1 unspecified atom stereocenters. The summed E-state index contributed by atoms with van der Waals surface area (Å²) < 4.78 is 5.14.